The molecule has 2 aliphatic heterocycles. The van der Waals surface area contributed by atoms with Crippen LogP contribution in [-0.4, -0.2) is 53.2 Å². The first-order valence-electron chi connectivity index (χ1n) is 9.49. The summed E-state index contributed by atoms with van der Waals surface area (Å²) in [6.45, 7) is 4.70. The molecule has 0 saturated carbocycles. The zero-order chi connectivity index (χ0) is 17.9. The number of rotatable bonds is 4. The van der Waals surface area contributed by atoms with Gasteiger partial charge in [0.05, 0.1) is 11.3 Å². The molecule has 0 aliphatic carbocycles. The van der Waals surface area contributed by atoms with Crippen molar-refractivity contribution in [3.63, 3.8) is 0 Å². The van der Waals surface area contributed by atoms with Crippen LogP contribution >= 0.6 is 11.3 Å². The van der Waals surface area contributed by atoms with E-state index in [-0.39, 0.29) is 0 Å². The van der Waals surface area contributed by atoms with Crippen LogP contribution in [0.2, 0.25) is 0 Å². The topological polar surface area (TPSA) is 56.7 Å². The van der Waals surface area contributed by atoms with E-state index >= 15 is 0 Å². The molecule has 138 valence electrons. The highest BCUT2D eigenvalue weighted by atomic mass is 32.1. The second-order valence-electron chi connectivity index (χ2n) is 7.21. The average molecular weight is 372 g/mol. The van der Waals surface area contributed by atoms with E-state index in [0.717, 1.165) is 35.5 Å². The summed E-state index contributed by atoms with van der Waals surface area (Å²) in [6.07, 6.45) is 6.56. The number of likely N-dealkylation sites (tertiary alicyclic amines) is 1. The van der Waals surface area contributed by atoms with Gasteiger partial charge in [0.1, 0.15) is 0 Å². The van der Waals surface area contributed by atoms with E-state index in [0.29, 0.717) is 5.56 Å². The molecule has 0 radical (unpaired) electrons. The maximum Gasteiger partial charge on any atom is 0.335 e. The molecule has 2 fully saturated rings. The van der Waals surface area contributed by atoms with Crippen molar-refractivity contribution in [3.05, 3.63) is 35.2 Å². The summed E-state index contributed by atoms with van der Waals surface area (Å²) in [6, 6.07) is 7.70. The lowest BCUT2D eigenvalue weighted by atomic mass is 10.0. The third-order valence-electron chi connectivity index (χ3n) is 5.56. The van der Waals surface area contributed by atoms with Gasteiger partial charge in [-0.15, -0.1) is 11.3 Å². The van der Waals surface area contributed by atoms with Crippen molar-refractivity contribution in [2.45, 2.75) is 38.1 Å². The third kappa shape index (κ3) is 3.76. The van der Waals surface area contributed by atoms with Crippen molar-refractivity contribution in [3.8, 4) is 11.3 Å². The second kappa shape index (κ2) is 7.76. The number of anilines is 1. The van der Waals surface area contributed by atoms with E-state index in [9.17, 15) is 4.79 Å². The molecule has 0 bridgehead atoms. The maximum atomic E-state index is 11.0. The van der Waals surface area contributed by atoms with Crippen LogP contribution < -0.4 is 4.90 Å². The van der Waals surface area contributed by atoms with E-state index in [2.05, 4.69) is 15.2 Å². The molecular weight excluding hydrogens is 346 g/mol. The molecule has 2 saturated heterocycles. The normalized spacial score (nSPS) is 19.6. The van der Waals surface area contributed by atoms with Crippen molar-refractivity contribution in [2.75, 3.05) is 31.1 Å². The molecule has 4 rings (SSSR count). The molecule has 2 aliphatic rings. The van der Waals surface area contributed by atoms with Crippen molar-refractivity contribution >= 4 is 22.4 Å². The Bertz CT molecular complexity index is 745. The highest BCUT2D eigenvalue weighted by Gasteiger charge is 2.26. The number of benzene rings is 1. The first-order chi connectivity index (χ1) is 12.7. The van der Waals surface area contributed by atoms with E-state index in [1.54, 1.807) is 23.5 Å². The number of thiazole rings is 1. The Balaban J connectivity index is 1.38. The standard InChI is InChI=1S/C20H25N3O2S/c24-19(25)16-6-4-15(5-7-16)18-14-26-20(21-18)23-12-8-17(9-13-23)22-10-2-1-3-11-22/h4-7,14,17H,1-3,8-13H2,(H,24,25). The summed E-state index contributed by atoms with van der Waals surface area (Å²) in [5.41, 5.74) is 2.21. The Morgan fingerprint density at radius 1 is 1.04 bits per heavy atom. The van der Waals surface area contributed by atoms with Crippen LogP contribution in [0.3, 0.4) is 0 Å². The largest absolute Gasteiger partial charge is 0.478 e. The highest BCUT2D eigenvalue weighted by Crippen LogP contribution is 2.30. The number of aromatic carboxylic acids is 1. The number of hydrogen-bond acceptors (Lipinski definition) is 5. The fourth-order valence-corrected chi connectivity index (χ4v) is 4.92. The van der Waals surface area contributed by atoms with Crippen molar-refractivity contribution in [1.82, 2.24) is 9.88 Å². The van der Waals surface area contributed by atoms with Crippen LogP contribution in [0, 0.1) is 0 Å². The molecule has 1 aromatic carbocycles. The fourth-order valence-electron chi connectivity index (χ4n) is 4.03. The van der Waals surface area contributed by atoms with E-state index in [1.165, 1.54) is 45.2 Å². The number of carboxylic acids is 1. The monoisotopic (exact) mass is 371 g/mol. The van der Waals surface area contributed by atoms with Gasteiger partial charge in [0.2, 0.25) is 0 Å². The van der Waals surface area contributed by atoms with E-state index in [1.807, 2.05) is 12.1 Å². The third-order valence-corrected chi connectivity index (χ3v) is 6.46. The van der Waals surface area contributed by atoms with E-state index in [4.69, 9.17) is 10.1 Å². The first-order valence-corrected chi connectivity index (χ1v) is 10.4. The minimum absolute atomic E-state index is 0.309. The number of aromatic nitrogens is 1. The molecule has 3 heterocycles. The van der Waals surface area contributed by atoms with Gasteiger partial charge in [0.25, 0.3) is 0 Å². The predicted octanol–water partition coefficient (Wildman–Crippen LogP) is 3.96. The molecule has 1 aromatic heterocycles. The average Bonchev–Trinajstić information content (AvgIpc) is 3.19. The summed E-state index contributed by atoms with van der Waals surface area (Å²) in [5.74, 6) is -0.896. The SMILES string of the molecule is O=C(O)c1ccc(-c2csc(N3CCC(N4CCCCC4)CC3)n2)cc1. The van der Waals surface area contributed by atoms with Crippen LogP contribution in [0.5, 0.6) is 0 Å². The lowest BCUT2D eigenvalue weighted by Gasteiger charge is -2.40. The summed E-state index contributed by atoms with van der Waals surface area (Å²) in [7, 11) is 0. The number of hydrogen-bond donors (Lipinski definition) is 1. The Morgan fingerprint density at radius 2 is 1.73 bits per heavy atom. The Labute approximate surface area is 158 Å². The van der Waals surface area contributed by atoms with Gasteiger partial charge in [-0.2, -0.15) is 0 Å². The van der Waals surface area contributed by atoms with Gasteiger partial charge < -0.3 is 14.9 Å². The van der Waals surface area contributed by atoms with Crippen molar-refractivity contribution in [2.24, 2.45) is 0 Å². The lowest BCUT2D eigenvalue weighted by molar-refractivity contribution is 0.0697. The van der Waals surface area contributed by atoms with E-state index < -0.39 is 5.97 Å². The Kier molecular flexibility index (Phi) is 5.22. The minimum atomic E-state index is -0.896. The molecule has 26 heavy (non-hydrogen) atoms. The van der Waals surface area contributed by atoms with Crippen LogP contribution in [0.4, 0.5) is 5.13 Å². The highest BCUT2D eigenvalue weighted by molar-refractivity contribution is 7.14. The molecule has 0 atom stereocenters. The molecule has 6 heteroatoms. The van der Waals surface area contributed by atoms with Gasteiger partial charge in [-0.3, -0.25) is 0 Å². The Morgan fingerprint density at radius 3 is 2.38 bits per heavy atom. The maximum absolute atomic E-state index is 11.0. The molecule has 0 unspecified atom stereocenters. The summed E-state index contributed by atoms with van der Waals surface area (Å²) in [5, 5.41) is 12.2. The summed E-state index contributed by atoms with van der Waals surface area (Å²) < 4.78 is 0. The number of nitrogens with zero attached hydrogens (tertiary/aromatic N) is 3. The smallest absolute Gasteiger partial charge is 0.335 e. The van der Waals surface area contributed by atoms with Crippen LogP contribution in [0.1, 0.15) is 42.5 Å². The van der Waals surface area contributed by atoms with Crippen LogP contribution in [0.25, 0.3) is 11.3 Å². The van der Waals surface area contributed by atoms with Gasteiger partial charge in [0, 0.05) is 30.1 Å². The first kappa shape index (κ1) is 17.5. The van der Waals surface area contributed by atoms with Gasteiger partial charge in [-0.05, 0) is 50.9 Å². The van der Waals surface area contributed by atoms with Gasteiger partial charge >= 0.3 is 5.97 Å². The summed E-state index contributed by atoms with van der Waals surface area (Å²) >= 11 is 1.68. The van der Waals surface area contributed by atoms with Gasteiger partial charge in [0.15, 0.2) is 5.13 Å². The zero-order valence-corrected chi connectivity index (χ0v) is 15.7. The van der Waals surface area contributed by atoms with Crippen molar-refractivity contribution < 1.29 is 9.90 Å². The van der Waals surface area contributed by atoms with Crippen molar-refractivity contribution in [1.29, 1.82) is 0 Å². The number of piperidine rings is 2. The van der Waals surface area contributed by atoms with Crippen LogP contribution in [-0.2, 0) is 0 Å². The minimum Gasteiger partial charge on any atom is -0.478 e. The predicted molar refractivity (Wildman–Crippen MR) is 105 cm³/mol. The van der Waals surface area contributed by atoms with Gasteiger partial charge in [-0.25, -0.2) is 9.78 Å². The van der Waals surface area contributed by atoms with Crippen LogP contribution in [0.15, 0.2) is 29.6 Å². The quantitative estimate of drug-likeness (QED) is 0.881. The van der Waals surface area contributed by atoms with Gasteiger partial charge in [-0.1, -0.05) is 18.6 Å². The Hall–Kier alpha value is -1.92. The fraction of sp³-hybridized carbons (Fsp3) is 0.500. The molecule has 0 amide bonds. The molecule has 0 spiro atoms. The second-order valence-corrected chi connectivity index (χ2v) is 8.05. The number of carbonyl (C=O) groups is 1. The molecule has 2 aromatic rings. The summed E-state index contributed by atoms with van der Waals surface area (Å²) in [4.78, 5) is 20.9. The lowest BCUT2D eigenvalue weighted by Crippen LogP contribution is -2.46. The molecule has 5 nitrogen and oxygen atoms in total. The molecular formula is C20H25N3O2S. The number of carboxylic acid groups (broad SMARTS) is 1. The zero-order valence-electron chi connectivity index (χ0n) is 14.9. The molecule has 1 N–H and O–H groups in total.